The van der Waals surface area contributed by atoms with Crippen molar-refractivity contribution in [2.24, 2.45) is 0 Å². The van der Waals surface area contributed by atoms with Gasteiger partial charge in [0.25, 0.3) is 0 Å². The van der Waals surface area contributed by atoms with Crippen LogP contribution >= 0.6 is 15.9 Å². The number of rotatable bonds is 6. The van der Waals surface area contributed by atoms with E-state index in [0.29, 0.717) is 29.0 Å². The molecule has 1 aromatic rings. The van der Waals surface area contributed by atoms with Crippen LogP contribution in [-0.4, -0.2) is 32.4 Å². The first-order valence-corrected chi connectivity index (χ1v) is 9.43. The molecule has 0 bridgehead atoms. The summed E-state index contributed by atoms with van der Waals surface area (Å²) >= 11 is 3.37. The molecule has 6 heteroatoms. The van der Waals surface area contributed by atoms with Crippen molar-refractivity contribution in [2.45, 2.75) is 31.2 Å². The molecular weight excluding hydrogens is 352 g/mol. The molecule has 0 saturated heterocycles. The molecule has 21 heavy (non-hydrogen) atoms. The maximum absolute atomic E-state index is 12.7. The highest BCUT2D eigenvalue weighted by molar-refractivity contribution is 9.10. The molecule has 0 amide bonds. The Morgan fingerprint density at radius 2 is 2.14 bits per heavy atom. The van der Waals surface area contributed by atoms with Crippen LogP contribution in [0.2, 0.25) is 0 Å². The van der Waals surface area contributed by atoms with Crippen LogP contribution in [0.15, 0.2) is 39.7 Å². The zero-order valence-electron chi connectivity index (χ0n) is 12.2. The minimum absolute atomic E-state index is 0.355. The van der Waals surface area contributed by atoms with Crippen LogP contribution < -0.4 is 5.32 Å². The SMILES string of the molecule is CCCNCc1ccc(Br)c(S(=O)(=O)N2CC=CCC2)c1. The second-order valence-electron chi connectivity index (χ2n) is 5.06. The molecule has 0 aliphatic carbocycles. The van der Waals surface area contributed by atoms with E-state index in [1.165, 1.54) is 4.31 Å². The van der Waals surface area contributed by atoms with Crippen LogP contribution in [0.4, 0.5) is 0 Å². The summed E-state index contributed by atoms with van der Waals surface area (Å²) in [5, 5.41) is 3.29. The van der Waals surface area contributed by atoms with Gasteiger partial charge < -0.3 is 5.32 Å². The van der Waals surface area contributed by atoms with Crippen LogP contribution in [0.1, 0.15) is 25.3 Å². The van der Waals surface area contributed by atoms with E-state index in [1.807, 2.05) is 24.3 Å². The lowest BCUT2D eigenvalue weighted by atomic mass is 10.2. The second-order valence-corrected chi connectivity index (χ2v) is 7.83. The third-order valence-corrected chi connectivity index (χ3v) is 6.25. The third-order valence-electron chi connectivity index (χ3n) is 3.39. The number of nitrogens with zero attached hydrogens (tertiary/aromatic N) is 1. The van der Waals surface area contributed by atoms with Gasteiger partial charge in [-0.1, -0.05) is 25.1 Å². The molecule has 1 N–H and O–H groups in total. The van der Waals surface area contributed by atoms with Gasteiger partial charge in [-0.05, 0) is 53.0 Å². The van der Waals surface area contributed by atoms with Crippen LogP contribution in [0.5, 0.6) is 0 Å². The first kappa shape index (κ1) is 16.7. The number of halogens is 1. The Bertz CT molecular complexity index is 614. The van der Waals surface area contributed by atoms with E-state index < -0.39 is 10.0 Å². The Hall–Kier alpha value is -0.690. The molecular formula is C15H21BrN2O2S. The first-order chi connectivity index (χ1) is 10.1. The molecule has 2 rings (SSSR count). The van der Waals surface area contributed by atoms with Crippen LogP contribution in [0.3, 0.4) is 0 Å². The van der Waals surface area contributed by atoms with Gasteiger partial charge in [-0.3, -0.25) is 0 Å². The summed E-state index contributed by atoms with van der Waals surface area (Å²) in [5.74, 6) is 0. The normalized spacial score (nSPS) is 16.3. The average molecular weight is 373 g/mol. The average Bonchev–Trinajstić information content (AvgIpc) is 2.50. The monoisotopic (exact) mass is 372 g/mol. The highest BCUT2D eigenvalue weighted by Gasteiger charge is 2.26. The summed E-state index contributed by atoms with van der Waals surface area (Å²) in [5.41, 5.74) is 0.984. The minimum atomic E-state index is -3.44. The molecule has 1 aliphatic heterocycles. The van der Waals surface area contributed by atoms with Gasteiger partial charge >= 0.3 is 0 Å². The van der Waals surface area contributed by atoms with E-state index in [4.69, 9.17) is 0 Å². The van der Waals surface area contributed by atoms with Gasteiger partial charge in [-0.15, -0.1) is 0 Å². The maximum atomic E-state index is 12.7. The zero-order valence-corrected chi connectivity index (χ0v) is 14.6. The van der Waals surface area contributed by atoms with Gasteiger partial charge in [0, 0.05) is 24.1 Å². The molecule has 0 aromatic heterocycles. The Labute approximate surface area is 135 Å². The summed E-state index contributed by atoms with van der Waals surface area (Å²) in [7, 11) is -3.44. The second kappa shape index (κ2) is 7.54. The van der Waals surface area contributed by atoms with Gasteiger partial charge in [-0.25, -0.2) is 8.42 Å². The quantitative estimate of drug-likeness (QED) is 0.616. The van der Waals surface area contributed by atoms with Gasteiger partial charge in [0.15, 0.2) is 0 Å². The molecule has 0 fully saturated rings. The standard InChI is InChI=1S/C15H21BrN2O2S/c1-2-8-17-12-13-6-7-14(16)15(11-13)21(19,20)18-9-4-3-5-10-18/h3-4,6-7,11,17H,2,5,8-10,12H2,1H3. The largest absolute Gasteiger partial charge is 0.313 e. The Morgan fingerprint density at radius 3 is 2.81 bits per heavy atom. The van der Waals surface area contributed by atoms with Crippen molar-refractivity contribution in [3.05, 3.63) is 40.4 Å². The van der Waals surface area contributed by atoms with Crippen molar-refractivity contribution in [3.8, 4) is 0 Å². The lowest BCUT2D eigenvalue weighted by Gasteiger charge is -2.23. The van der Waals surface area contributed by atoms with Crippen LogP contribution in [0, 0.1) is 0 Å². The van der Waals surface area contributed by atoms with E-state index in [-0.39, 0.29) is 0 Å². The molecule has 0 atom stereocenters. The van der Waals surface area contributed by atoms with Crippen molar-refractivity contribution >= 4 is 26.0 Å². The summed E-state index contributed by atoms with van der Waals surface area (Å²) in [4.78, 5) is 0.355. The van der Waals surface area contributed by atoms with Gasteiger partial charge in [-0.2, -0.15) is 4.31 Å². The Balaban J connectivity index is 2.24. The molecule has 4 nitrogen and oxygen atoms in total. The van der Waals surface area contributed by atoms with Gasteiger partial charge in [0.05, 0.1) is 4.90 Å². The van der Waals surface area contributed by atoms with E-state index in [0.717, 1.165) is 24.9 Å². The molecule has 1 heterocycles. The first-order valence-electron chi connectivity index (χ1n) is 7.20. The summed E-state index contributed by atoms with van der Waals surface area (Å²) in [6, 6.07) is 5.53. The highest BCUT2D eigenvalue weighted by atomic mass is 79.9. The predicted molar refractivity (Wildman–Crippen MR) is 88.7 cm³/mol. The van der Waals surface area contributed by atoms with Crippen LogP contribution in [0.25, 0.3) is 0 Å². The van der Waals surface area contributed by atoms with Crippen LogP contribution in [-0.2, 0) is 16.6 Å². The number of sulfonamides is 1. The summed E-state index contributed by atoms with van der Waals surface area (Å²) in [6.45, 7) is 4.71. The third kappa shape index (κ3) is 4.16. The van der Waals surface area contributed by atoms with E-state index in [1.54, 1.807) is 6.07 Å². The highest BCUT2D eigenvalue weighted by Crippen LogP contribution is 2.27. The fourth-order valence-electron chi connectivity index (χ4n) is 2.24. The molecule has 1 aromatic carbocycles. The topological polar surface area (TPSA) is 49.4 Å². The molecule has 116 valence electrons. The Kier molecular flexibility index (Phi) is 5.98. The molecule has 0 unspecified atom stereocenters. The van der Waals surface area contributed by atoms with Crippen molar-refractivity contribution in [1.29, 1.82) is 0 Å². The van der Waals surface area contributed by atoms with E-state index in [2.05, 4.69) is 28.2 Å². The zero-order chi connectivity index (χ0) is 15.3. The van der Waals surface area contributed by atoms with Crippen molar-refractivity contribution < 1.29 is 8.42 Å². The van der Waals surface area contributed by atoms with Crippen molar-refractivity contribution in [3.63, 3.8) is 0 Å². The molecule has 0 spiro atoms. The number of benzene rings is 1. The predicted octanol–water partition coefficient (Wildman–Crippen LogP) is 2.90. The lowest BCUT2D eigenvalue weighted by molar-refractivity contribution is 0.437. The van der Waals surface area contributed by atoms with Crippen molar-refractivity contribution in [1.82, 2.24) is 9.62 Å². The molecule has 0 saturated carbocycles. The fraction of sp³-hybridized carbons (Fsp3) is 0.467. The number of nitrogens with one attached hydrogen (secondary N) is 1. The Morgan fingerprint density at radius 1 is 1.33 bits per heavy atom. The van der Waals surface area contributed by atoms with Gasteiger partial charge in [0.1, 0.15) is 0 Å². The number of hydrogen-bond donors (Lipinski definition) is 1. The van der Waals surface area contributed by atoms with E-state index in [9.17, 15) is 8.42 Å². The van der Waals surface area contributed by atoms with E-state index >= 15 is 0 Å². The lowest BCUT2D eigenvalue weighted by Crippen LogP contribution is -2.34. The summed E-state index contributed by atoms with van der Waals surface area (Å²) < 4.78 is 27.6. The minimum Gasteiger partial charge on any atom is -0.313 e. The van der Waals surface area contributed by atoms with Gasteiger partial charge in [0.2, 0.25) is 10.0 Å². The fourth-order valence-corrected chi connectivity index (χ4v) is 4.62. The maximum Gasteiger partial charge on any atom is 0.244 e. The van der Waals surface area contributed by atoms with Crippen molar-refractivity contribution in [2.75, 3.05) is 19.6 Å². The summed E-state index contributed by atoms with van der Waals surface area (Å²) in [6.07, 6.45) is 5.75. The number of hydrogen-bond acceptors (Lipinski definition) is 3. The smallest absolute Gasteiger partial charge is 0.244 e. The molecule has 1 aliphatic rings. The molecule has 0 radical (unpaired) electrons.